The SMILES string of the molecule is CC(c1ccccc1)(c1ccccc1)S(=O)(=O)O. The molecule has 94 valence electrons. The van der Waals surface area contributed by atoms with Crippen LogP contribution in [0.15, 0.2) is 60.7 Å². The van der Waals surface area contributed by atoms with E-state index in [1.807, 2.05) is 0 Å². The lowest BCUT2D eigenvalue weighted by Crippen LogP contribution is -2.33. The third-order valence-corrected chi connectivity index (χ3v) is 4.67. The summed E-state index contributed by atoms with van der Waals surface area (Å²) in [7, 11) is -4.27. The van der Waals surface area contributed by atoms with Gasteiger partial charge >= 0.3 is 0 Å². The van der Waals surface area contributed by atoms with E-state index in [2.05, 4.69) is 0 Å². The van der Waals surface area contributed by atoms with Crippen molar-refractivity contribution in [2.45, 2.75) is 11.7 Å². The summed E-state index contributed by atoms with van der Waals surface area (Å²) in [4.78, 5) is 0. The molecule has 0 saturated heterocycles. The molecule has 3 nitrogen and oxygen atoms in total. The highest BCUT2D eigenvalue weighted by atomic mass is 32.2. The molecule has 2 aromatic carbocycles. The van der Waals surface area contributed by atoms with E-state index in [4.69, 9.17) is 0 Å². The molecule has 0 atom stereocenters. The Morgan fingerprint density at radius 3 is 1.44 bits per heavy atom. The van der Waals surface area contributed by atoms with Gasteiger partial charge in [-0.15, -0.1) is 0 Å². The van der Waals surface area contributed by atoms with Crippen molar-refractivity contribution in [1.82, 2.24) is 0 Å². The van der Waals surface area contributed by atoms with Crippen LogP contribution in [0.25, 0.3) is 0 Å². The van der Waals surface area contributed by atoms with Gasteiger partial charge < -0.3 is 0 Å². The van der Waals surface area contributed by atoms with E-state index in [9.17, 15) is 13.0 Å². The van der Waals surface area contributed by atoms with Crippen LogP contribution in [-0.4, -0.2) is 13.0 Å². The number of benzene rings is 2. The maximum absolute atomic E-state index is 11.8. The molecule has 0 amide bonds. The maximum Gasteiger partial charge on any atom is 0.278 e. The summed E-state index contributed by atoms with van der Waals surface area (Å²) < 4.78 is 31.8. The molecular formula is C14H14O3S. The van der Waals surface area contributed by atoms with Crippen LogP contribution in [-0.2, 0) is 14.9 Å². The normalized spacial score (nSPS) is 12.3. The number of hydrogen-bond donors (Lipinski definition) is 1. The summed E-state index contributed by atoms with van der Waals surface area (Å²) in [5.74, 6) is 0. The van der Waals surface area contributed by atoms with E-state index >= 15 is 0 Å². The molecule has 0 bridgehead atoms. The molecule has 0 aliphatic heterocycles. The van der Waals surface area contributed by atoms with Crippen LogP contribution < -0.4 is 0 Å². The fourth-order valence-electron chi connectivity index (χ4n) is 1.98. The Bertz CT molecular complexity index is 579. The molecule has 1 N–H and O–H groups in total. The minimum Gasteiger partial charge on any atom is -0.285 e. The van der Waals surface area contributed by atoms with Gasteiger partial charge in [0.25, 0.3) is 10.1 Å². The molecule has 18 heavy (non-hydrogen) atoms. The fourth-order valence-corrected chi connectivity index (χ4v) is 2.84. The van der Waals surface area contributed by atoms with Crippen molar-refractivity contribution in [1.29, 1.82) is 0 Å². The number of hydrogen-bond acceptors (Lipinski definition) is 2. The smallest absolute Gasteiger partial charge is 0.278 e. The minimum absolute atomic E-state index is 0.540. The highest BCUT2D eigenvalue weighted by molar-refractivity contribution is 7.87. The monoisotopic (exact) mass is 262 g/mol. The first-order chi connectivity index (χ1) is 8.46. The second-order valence-electron chi connectivity index (χ2n) is 4.24. The first-order valence-corrected chi connectivity index (χ1v) is 6.98. The van der Waals surface area contributed by atoms with Crippen LogP contribution in [0.2, 0.25) is 0 Å². The molecule has 0 spiro atoms. The van der Waals surface area contributed by atoms with Gasteiger partial charge in [-0.3, -0.25) is 4.55 Å². The molecule has 0 aliphatic rings. The second-order valence-corrected chi connectivity index (χ2v) is 6.01. The predicted octanol–water partition coefficient (Wildman–Crippen LogP) is 2.84. The lowest BCUT2D eigenvalue weighted by atomic mass is 9.92. The highest BCUT2D eigenvalue weighted by Gasteiger charge is 2.41. The van der Waals surface area contributed by atoms with E-state index in [1.54, 1.807) is 60.7 Å². The third kappa shape index (κ3) is 2.05. The molecular weight excluding hydrogens is 248 g/mol. The molecule has 0 saturated carbocycles. The van der Waals surface area contributed by atoms with Crippen molar-refractivity contribution >= 4 is 10.1 Å². The summed E-state index contributed by atoms with van der Waals surface area (Å²) in [5, 5.41) is 0. The van der Waals surface area contributed by atoms with Gasteiger partial charge in [-0.05, 0) is 18.1 Å². The Labute approximate surface area is 107 Å². The van der Waals surface area contributed by atoms with Gasteiger partial charge in [0.05, 0.1) is 0 Å². The van der Waals surface area contributed by atoms with Gasteiger partial charge in [0.2, 0.25) is 0 Å². The van der Waals surface area contributed by atoms with Crippen LogP contribution >= 0.6 is 0 Å². The van der Waals surface area contributed by atoms with E-state index in [0.717, 1.165) is 0 Å². The van der Waals surface area contributed by atoms with Crippen LogP contribution in [0.1, 0.15) is 18.1 Å². The lowest BCUT2D eigenvalue weighted by Gasteiger charge is -2.27. The summed E-state index contributed by atoms with van der Waals surface area (Å²) in [6.07, 6.45) is 0. The summed E-state index contributed by atoms with van der Waals surface area (Å²) >= 11 is 0. The van der Waals surface area contributed by atoms with Crippen LogP contribution in [0.4, 0.5) is 0 Å². The first kappa shape index (κ1) is 12.8. The fraction of sp³-hybridized carbons (Fsp3) is 0.143. The van der Waals surface area contributed by atoms with Crippen LogP contribution in [0.3, 0.4) is 0 Å². The van der Waals surface area contributed by atoms with Crippen LogP contribution in [0, 0.1) is 0 Å². The van der Waals surface area contributed by atoms with Crippen molar-refractivity contribution < 1.29 is 13.0 Å². The number of rotatable bonds is 3. The molecule has 2 aromatic rings. The Kier molecular flexibility index (Phi) is 3.24. The largest absolute Gasteiger partial charge is 0.285 e. The maximum atomic E-state index is 11.8. The Morgan fingerprint density at radius 2 is 1.17 bits per heavy atom. The van der Waals surface area contributed by atoms with E-state index in [-0.39, 0.29) is 0 Å². The lowest BCUT2D eigenvalue weighted by molar-refractivity contribution is 0.453. The molecule has 2 rings (SSSR count). The highest BCUT2D eigenvalue weighted by Crippen LogP contribution is 2.36. The van der Waals surface area contributed by atoms with Crippen molar-refractivity contribution in [3.8, 4) is 0 Å². The zero-order chi connectivity index (χ0) is 13.2. The molecule has 0 heterocycles. The van der Waals surface area contributed by atoms with E-state index < -0.39 is 14.9 Å². The van der Waals surface area contributed by atoms with Gasteiger partial charge in [-0.1, -0.05) is 60.7 Å². The molecule has 0 fully saturated rings. The van der Waals surface area contributed by atoms with Crippen molar-refractivity contribution in [3.63, 3.8) is 0 Å². The van der Waals surface area contributed by atoms with Crippen molar-refractivity contribution in [2.75, 3.05) is 0 Å². The quantitative estimate of drug-likeness (QED) is 0.865. The Hall–Kier alpha value is -1.65. The zero-order valence-corrected chi connectivity index (χ0v) is 10.8. The average Bonchev–Trinajstić information content (AvgIpc) is 2.38. The summed E-state index contributed by atoms with van der Waals surface area (Å²) in [5.41, 5.74) is 1.08. The predicted molar refractivity (Wildman–Crippen MR) is 70.9 cm³/mol. The van der Waals surface area contributed by atoms with Gasteiger partial charge in [0, 0.05) is 0 Å². The zero-order valence-electron chi connectivity index (χ0n) is 9.95. The summed E-state index contributed by atoms with van der Waals surface area (Å²) in [6, 6.07) is 17.4. The molecule has 0 unspecified atom stereocenters. The molecule has 0 aromatic heterocycles. The topological polar surface area (TPSA) is 54.4 Å². The standard InChI is InChI=1S/C14H14O3S/c1-14(18(15,16)17,12-8-4-2-5-9-12)13-10-6-3-7-11-13/h2-11H,1H3,(H,15,16,17). The Morgan fingerprint density at radius 1 is 0.833 bits per heavy atom. The average molecular weight is 262 g/mol. The Balaban J connectivity index is 2.72. The molecule has 0 aliphatic carbocycles. The van der Waals surface area contributed by atoms with Gasteiger partial charge in [0.1, 0.15) is 4.75 Å². The minimum atomic E-state index is -4.27. The second kappa shape index (κ2) is 4.55. The van der Waals surface area contributed by atoms with Gasteiger partial charge in [-0.2, -0.15) is 8.42 Å². The van der Waals surface area contributed by atoms with Crippen molar-refractivity contribution in [2.24, 2.45) is 0 Å². The van der Waals surface area contributed by atoms with E-state index in [1.165, 1.54) is 6.92 Å². The first-order valence-electron chi connectivity index (χ1n) is 5.54. The third-order valence-electron chi connectivity index (χ3n) is 3.17. The molecule has 0 radical (unpaired) electrons. The van der Waals surface area contributed by atoms with Gasteiger partial charge in [-0.25, -0.2) is 0 Å². The van der Waals surface area contributed by atoms with Crippen molar-refractivity contribution in [3.05, 3.63) is 71.8 Å². The van der Waals surface area contributed by atoms with Crippen LogP contribution in [0.5, 0.6) is 0 Å². The van der Waals surface area contributed by atoms with Gasteiger partial charge in [0.15, 0.2) is 0 Å². The van der Waals surface area contributed by atoms with E-state index in [0.29, 0.717) is 11.1 Å². The molecule has 4 heteroatoms. The summed E-state index contributed by atoms with van der Waals surface area (Å²) in [6.45, 7) is 1.51.